The molecule has 2 aromatic carbocycles. The van der Waals surface area contributed by atoms with Gasteiger partial charge >= 0.3 is 0 Å². The maximum atomic E-state index is 11.8. The normalized spacial score (nSPS) is 10.4. The Morgan fingerprint density at radius 1 is 1.14 bits per heavy atom. The van der Waals surface area contributed by atoms with E-state index in [9.17, 15) is 14.4 Å². The third-order valence-corrected chi connectivity index (χ3v) is 5.28. The topological polar surface area (TPSA) is 116 Å². The second-order valence-electron chi connectivity index (χ2n) is 8.62. The van der Waals surface area contributed by atoms with Gasteiger partial charge < -0.3 is 20.4 Å². The first-order valence-electron chi connectivity index (χ1n) is 11.6. The van der Waals surface area contributed by atoms with Gasteiger partial charge in [-0.05, 0) is 45.4 Å². The summed E-state index contributed by atoms with van der Waals surface area (Å²) in [5.74, 6) is 0.410. The maximum absolute atomic E-state index is 11.8. The van der Waals surface area contributed by atoms with Gasteiger partial charge in [0.05, 0.1) is 16.8 Å². The van der Waals surface area contributed by atoms with Crippen molar-refractivity contribution in [1.82, 2.24) is 14.9 Å². The van der Waals surface area contributed by atoms with E-state index in [1.54, 1.807) is 22.8 Å². The molecule has 1 aromatic heterocycles. The fraction of sp³-hybridized carbons (Fsp3) is 0.333. The number of nitrogens with zero attached hydrogens (tertiary/aromatic N) is 2. The zero-order chi connectivity index (χ0) is 26.8. The number of ketones is 1. The molecule has 3 rings (SSSR count). The van der Waals surface area contributed by atoms with Crippen molar-refractivity contribution in [3.05, 3.63) is 70.6 Å². The number of ether oxygens (including phenoxy) is 1. The minimum absolute atomic E-state index is 0.0131. The van der Waals surface area contributed by atoms with Crippen molar-refractivity contribution in [2.24, 2.45) is 12.8 Å². The third kappa shape index (κ3) is 8.85. The number of imidazole rings is 1. The first-order chi connectivity index (χ1) is 17.0. The van der Waals surface area contributed by atoms with Crippen LogP contribution in [0.2, 0.25) is 5.02 Å². The number of hydrogen-bond acceptors (Lipinski definition) is 5. The minimum Gasteiger partial charge on any atom is -0.489 e. The number of nitrogens with two attached hydrogens (primary N) is 1. The highest BCUT2D eigenvalue weighted by atomic mass is 35.5. The molecule has 0 atom stereocenters. The van der Waals surface area contributed by atoms with Crippen molar-refractivity contribution in [3.8, 4) is 17.0 Å². The summed E-state index contributed by atoms with van der Waals surface area (Å²) < 4.78 is 7.25. The molecule has 8 nitrogen and oxygen atoms in total. The molecule has 2 amide bonds. The number of carbonyl (C=O) groups excluding carboxylic acids is 3. The molecular formula is C27H33ClN4O4. The number of amides is 2. The van der Waals surface area contributed by atoms with Crippen LogP contribution in [0.1, 0.15) is 60.2 Å². The summed E-state index contributed by atoms with van der Waals surface area (Å²) in [5.41, 5.74) is 8.55. The van der Waals surface area contributed by atoms with Crippen LogP contribution in [0, 0.1) is 6.92 Å². The smallest absolute Gasteiger partial charge is 0.251 e. The van der Waals surface area contributed by atoms with Crippen molar-refractivity contribution >= 4 is 29.2 Å². The van der Waals surface area contributed by atoms with Crippen molar-refractivity contribution in [2.45, 2.75) is 46.6 Å². The van der Waals surface area contributed by atoms with Crippen molar-refractivity contribution in [2.75, 3.05) is 6.54 Å². The average molecular weight is 513 g/mol. The van der Waals surface area contributed by atoms with Crippen LogP contribution in [-0.4, -0.2) is 39.8 Å². The lowest BCUT2D eigenvalue weighted by Crippen LogP contribution is -2.25. The first-order valence-corrected chi connectivity index (χ1v) is 12.0. The second-order valence-corrected chi connectivity index (χ2v) is 9.03. The van der Waals surface area contributed by atoms with Crippen molar-refractivity contribution in [1.29, 1.82) is 0 Å². The number of primary amides is 1. The molecule has 0 spiro atoms. The molecule has 192 valence electrons. The van der Waals surface area contributed by atoms with Gasteiger partial charge in [0.15, 0.2) is 11.6 Å². The van der Waals surface area contributed by atoms with Gasteiger partial charge in [-0.1, -0.05) is 41.4 Å². The average Bonchev–Trinajstić information content (AvgIpc) is 3.20. The van der Waals surface area contributed by atoms with Crippen LogP contribution in [0.5, 0.6) is 5.75 Å². The highest BCUT2D eigenvalue weighted by molar-refractivity contribution is 6.32. The van der Waals surface area contributed by atoms with Gasteiger partial charge in [-0.25, -0.2) is 4.98 Å². The predicted molar refractivity (Wildman–Crippen MR) is 141 cm³/mol. The zero-order valence-corrected chi connectivity index (χ0v) is 22.1. The second kappa shape index (κ2) is 13.4. The number of carbonyl (C=O) groups is 3. The molecule has 0 aliphatic carbocycles. The number of aromatic nitrogens is 2. The lowest BCUT2D eigenvalue weighted by molar-refractivity contribution is -0.118. The van der Waals surface area contributed by atoms with Crippen LogP contribution in [0.3, 0.4) is 0 Å². The Morgan fingerprint density at radius 3 is 2.33 bits per heavy atom. The van der Waals surface area contributed by atoms with E-state index < -0.39 is 0 Å². The molecule has 0 fully saturated rings. The zero-order valence-electron chi connectivity index (χ0n) is 21.3. The Hall–Kier alpha value is -3.65. The number of hydrogen-bond donors (Lipinski definition) is 2. The maximum Gasteiger partial charge on any atom is 0.251 e. The summed E-state index contributed by atoms with van der Waals surface area (Å²) in [6, 6.07) is 13.0. The monoisotopic (exact) mass is 512 g/mol. The molecule has 0 aliphatic heterocycles. The first kappa shape index (κ1) is 28.6. The fourth-order valence-corrected chi connectivity index (χ4v) is 3.44. The quantitative estimate of drug-likeness (QED) is 0.318. The minimum atomic E-state index is -0.377. The van der Waals surface area contributed by atoms with E-state index in [0.29, 0.717) is 35.1 Å². The Morgan fingerprint density at radius 2 is 1.81 bits per heavy atom. The summed E-state index contributed by atoms with van der Waals surface area (Å²) in [4.78, 5) is 38.0. The standard InChI is InChI=1S/C14H19ClN2O3.C13H14N2O/c1-9(2)20-12-6-5-10(8-11(12)15)14(19)17-7-3-4-13(16)18;1-9-4-6-11(7-5-9)12-8-15(3)13(14-12)10(2)16/h5-6,8-9H,3-4,7H2,1-2H3,(H2,16,18)(H,17,19);4-8H,1-3H3. The van der Waals surface area contributed by atoms with Gasteiger partial charge in [0.2, 0.25) is 5.91 Å². The van der Waals surface area contributed by atoms with Crippen LogP contribution in [0.15, 0.2) is 48.7 Å². The Balaban J connectivity index is 0.000000259. The molecule has 0 saturated heterocycles. The van der Waals surface area contributed by atoms with Gasteiger partial charge in [0.25, 0.3) is 5.91 Å². The van der Waals surface area contributed by atoms with Crippen LogP contribution in [-0.2, 0) is 11.8 Å². The van der Waals surface area contributed by atoms with E-state index in [0.717, 1.165) is 11.3 Å². The Kier molecular flexibility index (Phi) is 10.7. The fourth-order valence-electron chi connectivity index (χ4n) is 3.22. The molecule has 0 aliphatic rings. The van der Waals surface area contributed by atoms with Crippen LogP contribution in [0.4, 0.5) is 0 Å². The molecule has 0 unspecified atom stereocenters. The van der Waals surface area contributed by atoms with Gasteiger partial charge in [-0.15, -0.1) is 0 Å². The number of nitrogens with one attached hydrogen (secondary N) is 1. The molecule has 3 N–H and O–H groups in total. The van der Waals surface area contributed by atoms with Gasteiger partial charge in [-0.3, -0.25) is 14.4 Å². The summed E-state index contributed by atoms with van der Waals surface area (Å²) >= 11 is 6.05. The van der Waals surface area contributed by atoms with E-state index in [-0.39, 0.29) is 30.1 Å². The molecule has 1 heterocycles. The number of aryl methyl sites for hydroxylation is 2. The molecule has 0 saturated carbocycles. The van der Waals surface area contributed by atoms with Gasteiger partial charge in [-0.2, -0.15) is 0 Å². The molecule has 0 bridgehead atoms. The van der Waals surface area contributed by atoms with Crippen LogP contribution in [0.25, 0.3) is 11.3 Å². The number of rotatable bonds is 9. The molecule has 36 heavy (non-hydrogen) atoms. The summed E-state index contributed by atoms with van der Waals surface area (Å²) in [5, 5.41) is 3.09. The molecule has 0 radical (unpaired) electrons. The number of benzene rings is 2. The van der Waals surface area contributed by atoms with E-state index in [4.69, 9.17) is 22.1 Å². The van der Waals surface area contributed by atoms with E-state index in [2.05, 4.69) is 10.3 Å². The summed E-state index contributed by atoms with van der Waals surface area (Å²) in [6.07, 6.45) is 2.66. The highest BCUT2D eigenvalue weighted by Crippen LogP contribution is 2.26. The van der Waals surface area contributed by atoms with E-state index >= 15 is 0 Å². The van der Waals surface area contributed by atoms with Crippen molar-refractivity contribution in [3.63, 3.8) is 0 Å². The SMILES string of the molecule is CC(=O)c1nc(-c2ccc(C)cc2)cn1C.CC(C)Oc1ccc(C(=O)NCCCC(N)=O)cc1Cl. The number of halogens is 1. The third-order valence-electron chi connectivity index (χ3n) is 4.98. The molecule has 3 aromatic rings. The van der Waals surface area contributed by atoms with Gasteiger partial charge in [0.1, 0.15) is 5.75 Å². The molecule has 9 heteroatoms. The molecular weight excluding hydrogens is 480 g/mol. The van der Waals surface area contributed by atoms with Gasteiger partial charge in [0, 0.05) is 44.3 Å². The summed E-state index contributed by atoms with van der Waals surface area (Å²) in [7, 11) is 1.83. The largest absolute Gasteiger partial charge is 0.489 e. The van der Waals surface area contributed by atoms with E-state index in [1.807, 2.05) is 58.3 Å². The lowest BCUT2D eigenvalue weighted by atomic mass is 10.1. The highest BCUT2D eigenvalue weighted by Gasteiger charge is 2.11. The Bertz CT molecular complexity index is 1200. The van der Waals surface area contributed by atoms with Crippen LogP contribution < -0.4 is 15.8 Å². The predicted octanol–water partition coefficient (Wildman–Crippen LogP) is 4.72. The van der Waals surface area contributed by atoms with Crippen molar-refractivity contribution < 1.29 is 19.1 Å². The van der Waals surface area contributed by atoms with E-state index in [1.165, 1.54) is 12.5 Å². The van der Waals surface area contributed by atoms with Crippen LogP contribution >= 0.6 is 11.6 Å². The number of Topliss-reactive ketones (excluding diaryl/α,β-unsaturated/α-hetero) is 1. The Labute approximate surface area is 216 Å². The summed E-state index contributed by atoms with van der Waals surface area (Å²) in [6.45, 7) is 7.76. The lowest BCUT2D eigenvalue weighted by Gasteiger charge is -2.12.